The monoisotopic (exact) mass is 293 g/mol. The van der Waals surface area contributed by atoms with Gasteiger partial charge in [-0.2, -0.15) is 13.2 Å². The first-order valence-corrected chi connectivity index (χ1v) is 7.02. The van der Waals surface area contributed by atoms with Gasteiger partial charge in [-0.1, -0.05) is 12.1 Å². The van der Waals surface area contributed by atoms with Gasteiger partial charge < -0.3 is 4.55 Å². The Morgan fingerprint density at radius 3 is 2.26 bits per heavy atom. The summed E-state index contributed by atoms with van der Waals surface area (Å²) in [6, 6.07) is 4.64. The third-order valence-corrected chi connectivity index (χ3v) is 4.23. The van der Waals surface area contributed by atoms with Gasteiger partial charge in [-0.05, 0) is 45.4 Å². The van der Waals surface area contributed by atoms with Gasteiger partial charge >= 0.3 is 6.18 Å². The van der Waals surface area contributed by atoms with Crippen LogP contribution < -0.4 is 4.72 Å². The van der Waals surface area contributed by atoms with Crippen LogP contribution in [0.2, 0.25) is 0 Å². The van der Waals surface area contributed by atoms with E-state index in [4.69, 9.17) is 0 Å². The maximum absolute atomic E-state index is 12.6. The molecule has 0 heterocycles. The van der Waals surface area contributed by atoms with Crippen LogP contribution in [0.25, 0.3) is 0 Å². The van der Waals surface area contributed by atoms with Crippen molar-refractivity contribution in [1.29, 1.82) is 0 Å². The van der Waals surface area contributed by atoms with E-state index in [-0.39, 0.29) is 0 Å². The molecule has 0 saturated heterocycles. The Bertz CT molecular complexity index is 429. The molecule has 2 atom stereocenters. The molecule has 0 bridgehead atoms. The maximum atomic E-state index is 12.6. The van der Waals surface area contributed by atoms with E-state index in [0.717, 1.165) is 12.1 Å². The van der Waals surface area contributed by atoms with Crippen molar-refractivity contribution in [2.75, 3.05) is 0 Å². The number of hydrogen-bond acceptors (Lipinski definition) is 2. The highest BCUT2D eigenvalue weighted by atomic mass is 32.2. The van der Waals surface area contributed by atoms with Crippen molar-refractivity contribution in [1.82, 2.24) is 4.72 Å². The molecule has 1 rings (SSSR count). The lowest BCUT2D eigenvalue weighted by atomic mass is 10.1. The number of halogens is 3. The molecule has 0 aliphatic rings. The Morgan fingerprint density at radius 1 is 1.21 bits per heavy atom. The molecule has 1 N–H and O–H groups in total. The Hall–Kier alpha value is -0.720. The molecule has 108 valence electrons. The van der Waals surface area contributed by atoms with Gasteiger partial charge in [0.05, 0.1) is 11.6 Å². The van der Waals surface area contributed by atoms with Crippen molar-refractivity contribution >= 4 is 11.4 Å². The number of alkyl halides is 3. The van der Waals surface area contributed by atoms with Crippen LogP contribution in [0.1, 0.15) is 44.9 Å². The second kappa shape index (κ2) is 5.73. The standard InChI is InChI=1S/C13H18F3NOS/c1-9(17-19(18)12(2,3)4)10-6-5-7-11(8-10)13(14,15)16/h5-9,17H,1-4H3/t9-,19?/m1/s1. The van der Waals surface area contributed by atoms with E-state index in [1.54, 1.807) is 33.8 Å². The molecule has 1 aromatic carbocycles. The third kappa shape index (κ3) is 4.71. The summed E-state index contributed by atoms with van der Waals surface area (Å²) in [6.07, 6.45) is -4.36. The fraction of sp³-hybridized carbons (Fsp3) is 0.538. The molecule has 6 heteroatoms. The van der Waals surface area contributed by atoms with Crippen LogP contribution in [0.4, 0.5) is 13.2 Å². The van der Waals surface area contributed by atoms with E-state index in [1.807, 2.05) is 0 Å². The largest absolute Gasteiger partial charge is 0.598 e. The Morgan fingerprint density at radius 2 is 1.79 bits per heavy atom. The van der Waals surface area contributed by atoms with Crippen LogP contribution in [-0.2, 0) is 17.5 Å². The molecule has 0 spiro atoms. The van der Waals surface area contributed by atoms with E-state index in [2.05, 4.69) is 4.72 Å². The molecular formula is C13H18F3NOS. The molecule has 0 aliphatic heterocycles. The molecule has 1 aromatic rings. The van der Waals surface area contributed by atoms with E-state index in [0.29, 0.717) is 5.56 Å². The van der Waals surface area contributed by atoms with Crippen LogP contribution in [0, 0.1) is 0 Å². The summed E-state index contributed by atoms with van der Waals surface area (Å²) < 4.78 is 52.1. The Balaban J connectivity index is 2.86. The zero-order valence-corrected chi connectivity index (χ0v) is 12.2. The predicted octanol–water partition coefficient (Wildman–Crippen LogP) is 3.82. The van der Waals surface area contributed by atoms with Gasteiger partial charge in [0.1, 0.15) is 4.75 Å². The van der Waals surface area contributed by atoms with E-state index >= 15 is 0 Å². The van der Waals surface area contributed by atoms with Crippen molar-refractivity contribution < 1.29 is 17.7 Å². The average Bonchev–Trinajstić information content (AvgIpc) is 2.26. The van der Waals surface area contributed by atoms with E-state index in [9.17, 15) is 17.7 Å². The average molecular weight is 293 g/mol. The minimum atomic E-state index is -4.36. The third-order valence-electron chi connectivity index (χ3n) is 2.55. The van der Waals surface area contributed by atoms with Gasteiger partial charge in [0.2, 0.25) is 0 Å². The maximum Gasteiger partial charge on any atom is 0.416 e. The summed E-state index contributed by atoms with van der Waals surface area (Å²) >= 11 is -1.33. The molecule has 0 saturated carbocycles. The second-order valence-electron chi connectivity index (χ2n) is 5.34. The van der Waals surface area contributed by atoms with Crippen molar-refractivity contribution in [3.05, 3.63) is 35.4 Å². The first-order chi connectivity index (χ1) is 8.51. The molecule has 0 aromatic heterocycles. The first-order valence-electron chi connectivity index (χ1n) is 5.87. The summed E-state index contributed by atoms with van der Waals surface area (Å²) in [4.78, 5) is 0. The number of benzene rings is 1. The van der Waals surface area contributed by atoms with Gasteiger partial charge in [-0.15, -0.1) is 4.72 Å². The van der Waals surface area contributed by atoms with Crippen molar-refractivity contribution in [2.24, 2.45) is 0 Å². The Kier molecular flexibility index (Phi) is 4.92. The number of nitrogens with one attached hydrogen (secondary N) is 1. The highest BCUT2D eigenvalue weighted by Gasteiger charge is 2.32. The fourth-order valence-corrected chi connectivity index (χ4v) is 2.20. The predicted molar refractivity (Wildman–Crippen MR) is 70.9 cm³/mol. The SMILES string of the molecule is C[C@@H](N[S+]([O-])C(C)(C)C)c1cccc(C(F)(F)F)c1. The van der Waals surface area contributed by atoms with E-state index in [1.165, 1.54) is 6.07 Å². The lowest BCUT2D eigenvalue weighted by Crippen LogP contribution is -2.40. The fourth-order valence-electron chi connectivity index (χ4n) is 1.39. The van der Waals surface area contributed by atoms with Gasteiger partial charge in [0.25, 0.3) is 0 Å². The zero-order valence-electron chi connectivity index (χ0n) is 11.3. The second-order valence-corrected chi connectivity index (χ2v) is 7.34. The van der Waals surface area contributed by atoms with Gasteiger partial charge in [-0.3, -0.25) is 0 Å². The summed E-state index contributed by atoms with van der Waals surface area (Å²) in [5, 5.41) is 0. The van der Waals surface area contributed by atoms with Crippen molar-refractivity contribution in [3.63, 3.8) is 0 Å². The highest BCUT2D eigenvalue weighted by Crippen LogP contribution is 2.31. The smallest absolute Gasteiger partial charge is 0.416 e. The van der Waals surface area contributed by atoms with Crippen LogP contribution in [0.15, 0.2) is 24.3 Å². The summed E-state index contributed by atoms with van der Waals surface area (Å²) in [5.74, 6) is 0. The molecule has 0 radical (unpaired) electrons. The van der Waals surface area contributed by atoms with E-state index < -0.39 is 33.9 Å². The highest BCUT2D eigenvalue weighted by molar-refractivity contribution is 7.90. The normalized spacial score (nSPS) is 16.2. The van der Waals surface area contributed by atoms with Crippen LogP contribution in [0.3, 0.4) is 0 Å². The molecule has 0 aliphatic carbocycles. The minimum Gasteiger partial charge on any atom is -0.598 e. The topological polar surface area (TPSA) is 35.1 Å². The van der Waals surface area contributed by atoms with Crippen molar-refractivity contribution in [2.45, 2.75) is 44.7 Å². The molecule has 0 fully saturated rings. The van der Waals surface area contributed by atoms with Crippen LogP contribution in [0.5, 0.6) is 0 Å². The summed E-state index contributed by atoms with van der Waals surface area (Å²) in [5.41, 5.74) is -0.229. The van der Waals surface area contributed by atoms with Crippen LogP contribution >= 0.6 is 0 Å². The van der Waals surface area contributed by atoms with Gasteiger partial charge in [0, 0.05) is 11.4 Å². The van der Waals surface area contributed by atoms with Crippen molar-refractivity contribution in [3.8, 4) is 0 Å². The molecular weight excluding hydrogens is 275 g/mol. The quantitative estimate of drug-likeness (QED) is 0.860. The number of rotatable bonds is 3. The van der Waals surface area contributed by atoms with Gasteiger partial charge in [-0.25, -0.2) is 0 Å². The minimum absolute atomic E-state index is 0.414. The lowest BCUT2D eigenvalue weighted by molar-refractivity contribution is -0.137. The molecule has 19 heavy (non-hydrogen) atoms. The molecule has 0 amide bonds. The summed E-state index contributed by atoms with van der Waals surface area (Å²) in [6.45, 7) is 7.10. The summed E-state index contributed by atoms with van der Waals surface area (Å²) in [7, 11) is 0. The zero-order chi connectivity index (χ0) is 14.8. The Labute approximate surface area is 114 Å². The molecule has 2 nitrogen and oxygen atoms in total. The van der Waals surface area contributed by atoms with Gasteiger partial charge in [0.15, 0.2) is 0 Å². The van der Waals surface area contributed by atoms with Crippen LogP contribution in [-0.4, -0.2) is 9.30 Å². The lowest BCUT2D eigenvalue weighted by Gasteiger charge is -2.26. The number of hydrogen-bond donors (Lipinski definition) is 1. The first kappa shape index (κ1) is 16.3. The molecule has 1 unspecified atom stereocenters.